The van der Waals surface area contributed by atoms with E-state index < -0.39 is 0 Å². The highest BCUT2D eigenvalue weighted by Crippen LogP contribution is 2.31. The Morgan fingerprint density at radius 1 is 1.29 bits per heavy atom. The highest BCUT2D eigenvalue weighted by atomic mass is 32.1. The Morgan fingerprint density at radius 2 is 2.06 bits per heavy atom. The second-order valence-electron chi connectivity index (χ2n) is 9.16. The fourth-order valence-electron chi connectivity index (χ4n) is 3.90. The Morgan fingerprint density at radius 3 is 2.74 bits per heavy atom. The van der Waals surface area contributed by atoms with Gasteiger partial charge in [-0.25, -0.2) is 9.97 Å². The van der Waals surface area contributed by atoms with E-state index in [9.17, 15) is 4.79 Å². The molecule has 3 aromatic heterocycles. The van der Waals surface area contributed by atoms with E-state index in [-0.39, 0.29) is 11.3 Å². The number of imidazole rings is 1. The number of thiophene rings is 1. The molecule has 0 N–H and O–H groups in total. The van der Waals surface area contributed by atoms with Gasteiger partial charge in [-0.1, -0.05) is 26.8 Å². The zero-order chi connectivity index (χ0) is 22.0. The first kappa shape index (κ1) is 21.7. The van der Waals surface area contributed by atoms with Gasteiger partial charge in [0.25, 0.3) is 5.91 Å². The van der Waals surface area contributed by atoms with Crippen LogP contribution in [0.3, 0.4) is 0 Å². The monoisotopic (exact) mass is 438 g/mol. The summed E-state index contributed by atoms with van der Waals surface area (Å²) in [7, 11) is 1.75. The zero-order valence-corrected chi connectivity index (χ0v) is 19.5. The summed E-state index contributed by atoms with van der Waals surface area (Å²) in [6.07, 6.45) is 6.02. The van der Waals surface area contributed by atoms with E-state index in [0.29, 0.717) is 16.6 Å². The van der Waals surface area contributed by atoms with Crippen molar-refractivity contribution in [1.82, 2.24) is 14.5 Å². The minimum atomic E-state index is -0.0624. The van der Waals surface area contributed by atoms with Crippen molar-refractivity contribution in [2.75, 3.05) is 25.2 Å². The number of rotatable bonds is 5. The normalized spacial score (nSPS) is 15.2. The van der Waals surface area contributed by atoms with E-state index in [2.05, 4.69) is 36.5 Å². The van der Waals surface area contributed by atoms with Crippen LogP contribution in [0.25, 0.3) is 11.3 Å². The van der Waals surface area contributed by atoms with E-state index in [1.54, 1.807) is 18.1 Å². The molecule has 3 aromatic rings. The minimum Gasteiger partial charge on any atom is -0.381 e. The van der Waals surface area contributed by atoms with Crippen LogP contribution in [0.15, 0.2) is 42.0 Å². The Balaban J connectivity index is 1.58. The number of nitrogens with zero attached hydrogens (tertiary/aromatic N) is 4. The fourth-order valence-corrected chi connectivity index (χ4v) is 4.78. The molecule has 4 heterocycles. The largest absolute Gasteiger partial charge is 0.381 e. The fraction of sp³-hybridized carbons (Fsp3) is 0.458. The molecule has 0 unspecified atom stereocenters. The molecule has 164 valence electrons. The summed E-state index contributed by atoms with van der Waals surface area (Å²) >= 11 is 1.45. The van der Waals surface area contributed by atoms with Gasteiger partial charge < -0.3 is 9.30 Å². The minimum absolute atomic E-state index is 0.0582. The van der Waals surface area contributed by atoms with E-state index in [0.717, 1.165) is 49.7 Å². The van der Waals surface area contributed by atoms with Crippen molar-refractivity contribution >= 4 is 23.1 Å². The van der Waals surface area contributed by atoms with E-state index in [1.165, 1.54) is 11.3 Å². The molecule has 1 amide bonds. The van der Waals surface area contributed by atoms with Crippen LogP contribution >= 0.6 is 11.3 Å². The lowest BCUT2D eigenvalue weighted by Crippen LogP contribution is -2.26. The van der Waals surface area contributed by atoms with Crippen LogP contribution in [0.2, 0.25) is 0 Å². The smallest absolute Gasteiger partial charge is 0.269 e. The number of ether oxygens (including phenoxy) is 1. The van der Waals surface area contributed by atoms with Gasteiger partial charge in [-0.3, -0.25) is 9.69 Å². The Labute approximate surface area is 187 Å². The highest BCUT2D eigenvalue weighted by Gasteiger charge is 2.25. The summed E-state index contributed by atoms with van der Waals surface area (Å²) in [5.41, 5.74) is 1.85. The molecule has 1 aliphatic heterocycles. The van der Waals surface area contributed by atoms with Crippen molar-refractivity contribution in [3.05, 3.63) is 52.7 Å². The maximum Gasteiger partial charge on any atom is 0.269 e. The molecule has 0 radical (unpaired) electrons. The third-order valence-electron chi connectivity index (χ3n) is 5.65. The van der Waals surface area contributed by atoms with Gasteiger partial charge >= 0.3 is 0 Å². The lowest BCUT2D eigenvalue weighted by molar-refractivity contribution is 0.0607. The number of hydrogen-bond acceptors (Lipinski definition) is 5. The molecule has 0 atom stereocenters. The number of anilines is 1. The summed E-state index contributed by atoms with van der Waals surface area (Å²) < 4.78 is 7.83. The van der Waals surface area contributed by atoms with Gasteiger partial charge in [0.15, 0.2) is 0 Å². The summed E-state index contributed by atoms with van der Waals surface area (Å²) in [4.78, 5) is 24.5. The number of carbonyl (C=O) groups excluding carboxylic acids is 1. The van der Waals surface area contributed by atoms with Gasteiger partial charge in [-0.05, 0) is 37.0 Å². The highest BCUT2D eigenvalue weighted by molar-refractivity contribution is 7.12. The van der Waals surface area contributed by atoms with Gasteiger partial charge in [0.05, 0.1) is 10.6 Å². The SMILES string of the molecule is CN(C(=O)c1cc(-c2cn(CC3CCOCC3)c(C(C)(C)C)n2)cs1)c1ccccn1. The van der Waals surface area contributed by atoms with Crippen LogP contribution in [-0.4, -0.2) is 40.7 Å². The molecule has 1 saturated heterocycles. The molecule has 31 heavy (non-hydrogen) atoms. The topological polar surface area (TPSA) is 60.2 Å². The first-order valence-electron chi connectivity index (χ1n) is 10.8. The number of aromatic nitrogens is 3. The van der Waals surface area contributed by atoms with Crippen LogP contribution in [0.4, 0.5) is 5.82 Å². The summed E-state index contributed by atoms with van der Waals surface area (Å²) in [5.74, 6) is 2.27. The Kier molecular flexibility index (Phi) is 6.25. The number of carbonyl (C=O) groups is 1. The van der Waals surface area contributed by atoms with Crippen molar-refractivity contribution in [2.45, 2.75) is 45.6 Å². The van der Waals surface area contributed by atoms with E-state index in [4.69, 9.17) is 9.72 Å². The van der Waals surface area contributed by atoms with Gasteiger partial charge in [-0.15, -0.1) is 11.3 Å². The molecule has 1 fully saturated rings. The first-order valence-corrected chi connectivity index (χ1v) is 11.6. The zero-order valence-electron chi connectivity index (χ0n) is 18.7. The number of hydrogen-bond donors (Lipinski definition) is 0. The summed E-state index contributed by atoms with van der Waals surface area (Å²) in [5, 5.41) is 2.02. The van der Waals surface area contributed by atoms with Crippen molar-refractivity contribution < 1.29 is 9.53 Å². The molecule has 1 aliphatic rings. The molecule has 7 heteroatoms. The van der Waals surface area contributed by atoms with Crippen molar-refractivity contribution in [2.24, 2.45) is 5.92 Å². The molecule has 0 aromatic carbocycles. The van der Waals surface area contributed by atoms with Crippen molar-refractivity contribution in [1.29, 1.82) is 0 Å². The predicted octanol–water partition coefficient (Wildman–Crippen LogP) is 5.01. The van der Waals surface area contributed by atoms with Crippen LogP contribution in [0, 0.1) is 5.92 Å². The molecule has 6 nitrogen and oxygen atoms in total. The molecule has 0 aliphatic carbocycles. The maximum absolute atomic E-state index is 12.9. The number of amides is 1. The third kappa shape index (κ3) is 4.88. The van der Waals surface area contributed by atoms with Crippen LogP contribution in [0.5, 0.6) is 0 Å². The maximum atomic E-state index is 12.9. The summed E-state index contributed by atoms with van der Waals surface area (Å²) in [6, 6.07) is 7.50. The molecule has 4 rings (SSSR count). The quantitative estimate of drug-likeness (QED) is 0.562. The third-order valence-corrected chi connectivity index (χ3v) is 6.56. The average molecular weight is 439 g/mol. The Bertz CT molecular complexity index is 1030. The first-order chi connectivity index (χ1) is 14.8. The van der Waals surface area contributed by atoms with E-state index >= 15 is 0 Å². The lowest BCUT2D eigenvalue weighted by atomic mass is 9.94. The standard InChI is InChI=1S/C24H30N4O2S/c1-24(2,3)23-26-19(15-28(23)14-17-8-11-30-12-9-17)18-13-20(31-16-18)22(29)27(4)21-7-5-6-10-25-21/h5-7,10,13,15-17H,8-9,11-12,14H2,1-4H3. The van der Waals surface area contributed by atoms with Crippen LogP contribution in [-0.2, 0) is 16.7 Å². The molecule has 0 bridgehead atoms. The van der Waals surface area contributed by atoms with Gasteiger partial charge in [0.1, 0.15) is 11.6 Å². The second-order valence-corrected chi connectivity index (χ2v) is 10.1. The second kappa shape index (κ2) is 8.93. The molecular weight excluding hydrogens is 408 g/mol. The molecule has 0 spiro atoms. The van der Waals surface area contributed by atoms with Gasteiger partial charge in [-0.2, -0.15) is 0 Å². The molecule has 0 saturated carbocycles. The van der Waals surface area contributed by atoms with Crippen molar-refractivity contribution in [3.8, 4) is 11.3 Å². The number of pyridine rings is 1. The molecular formula is C24H30N4O2S. The predicted molar refractivity (Wildman–Crippen MR) is 125 cm³/mol. The van der Waals surface area contributed by atoms with Crippen molar-refractivity contribution in [3.63, 3.8) is 0 Å². The van der Waals surface area contributed by atoms with E-state index in [1.807, 2.05) is 29.6 Å². The van der Waals surface area contributed by atoms with Crippen LogP contribution < -0.4 is 4.90 Å². The Hall–Kier alpha value is -2.51. The lowest BCUT2D eigenvalue weighted by Gasteiger charge is -2.25. The summed E-state index contributed by atoms with van der Waals surface area (Å²) in [6.45, 7) is 9.24. The van der Waals surface area contributed by atoms with Gasteiger partial charge in [0, 0.05) is 55.6 Å². The average Bonchev–Trinajstić information content (AvgIpc) is 3.41. The van der Waals surface area contributed by atoms with Gasteiger partial charge in [0.2, 0.25) is 0 Å². The van der Waals surface area contributed by atoms with Crippen LogP contribution in [0.1, 0.15) is 49.1 Å².